The normalized spacial score (nSPS) is 10.9. The van der Waals surface area contributed by atoms with E-state index in [2.05, 4.69) is 4.98 Å². The second kappa shape index (κ2) is 8.66. The van der Waals surface area contributed by atoms with Gasteiger partial charge in [0.1, 0.15) is 6.33 Å². The predicted octanol–water partition coefficient (Wildman–Crippen LogP) is 4.93. The highest BCUT2D eigenvalue weighted by Gasteiger charge is 2.23. The number of benzene rings is 2. The summed E-state index contributed by atoms with van der Waals surface area (Å²) >= 11 is 0. The van der Waals surface area contributed by atoms with Crippen LogP contribution >= 0.6 is 0 Å². The first-order valence-corrected chi connectivity index (χ1v) is 10.3. The summed E-state index contributed by atoms with van der Waals surface area (Å²) in [4.78, 5) is 41.0. The van der Waals surface area contributed by atoms with Crippen LogP contribution in [0.25, 0.3) is 16.8 Å². The Bertz CT molecular complexity index is 1420. The number of aromatic nitrogens is 2. The van der Waals surface area contributed by atoms with Crippen LogP contribution in [0.2, 0.25) is 0 Å². The lowest BCUT2D eigenvalue weighted by Crippen LogP contribution is -2.06. The van der Waals surface area contributed by atoms with E-state index in [9.17, 15) is 19.7 Å². The molecular weight excluding hydrogens is 422 g/mol. The Morgan fingerprint density at radius 1 is 1.09 bits per heavy atom. The summed E-state index contributed by atoms with van der Waals surface area (Å²) in [5, 5.41) is 11.1. The zero-order valence-electron chi connectivity index (χ0n) is 18.4. The maximum atomic E-state index is 13.3. The van der Waals surface area contributed by atoms with Crippen LogP contribution in [0.1, 0.15) is 44.5 Å². The molecule has 0 saturated carbocycles. The largest absolute Gasteiger partial charge is 0.462 e. The lowest BCUT2D eigenvalue weighted by atomic mass is 10.0. The van der Waals surface area contributed by atoms with Crippen LogP contribution in [0, 0.1) is 24.0 Å². The number of ether oxygens (including phenoxy) is 1. The number of hydrogen-bond donors (Lipinski definition) is 0. The molecule has 0 spiro atoms. The highest BCUT2D eigenvalue weighted by Crippen LogP contribution is 2.28. The first-order chi connectivity index (χ1) is 15.8. The van der Waals surface area contributed by atoms with E-state index >= 15 is 0 Å². The van der Waals surface area contributed by atoms with Gasteiger partial charge in [-0.1, -0.05) is 35.9 Å². The third-order valence-electron chi connectivity index (χ3n) is 5.37. The number of carbonyl (C=O) groups is 2. The fourth-order valence-electron chi connectivity index (χ4n) is 3.80. The molecule has 8 nitrogen and oxygen atoms in total. The van der Waals surface area contributed by atoms with E-state index in [1.807, 2.05) is 32.0 Å². The highest BCUT2D eigenvalue weighted by atomic mass is 16.6. The molecule has 0 bridgehead atoms. The van der Waals surface area contributed by atoms with E-state index in [0.717, 1.165) is 16.7 Å². The number of fused-ring (bicyclic) bond motifs is 1. The van der Waals surface area contributed by atoms with Crippen molar-refractivity contribution < 1.29 is 19.2 Å². The fraction of sp³-hybridized carbons (Fsp3) is 0.160. The van der Waals surface area contributed by atoms with Crippen molar-refractivity contribution in [3.8, 4) is 11.3 Å². The van der Waals surface area contributed by atoms with Crippen LogP contribution in [-0.2, 0) is 4.74 Å². The minimum absolute atomic E-state index is 0.137. The van der Waals surface area contributed by atoms with Gasteiger partial charge in [0, 0.05) is 23.3 Å². The van der Waals surface area contributed by atoms with Gasteiger partial charge in [-0.3, -0.25) is 19.3 Å². The van der Waals surface area contributed by atoms with Crippen LogP contribution in [-0.4, -0.2) is 32.7 Å². The third-order valence-corrected chi connectivity index (χ3v) is 5.37. The van der Waals surface area contributed by atoms with Gasteiger partial charge in [0.15, 0.2) is 0 Å². The molecular formula is C25H21N3O5. The molecule has 0 saturated heterocycles. The van der Waals surface area contributed by atoms with Crippen LogP contribution in [0.5, 0.6) is 0 Å². The lowest BCUT2D eigenvalue weighted by Gasteiger charge is -2.09. The average molecular weight is 443 g/mol. The number of carbonyl (C=O) groups excluding carboxylic acids is 2. The Kier molecular flexibility index (Phi) is 5.74. The molecule has 8 heteroatoms. The number of nitro benzene ring substituents is 1. The first kappa shape index (κ1) is 21.9. The smallest absolute Gasteiger partial charge is 0.340 e. The van der Waals surface area contributed by atoms with E-state index in [-0.39, 0.29) is 29.1 Å². The van der Waals surface area contributed by atoms with Crippen molar-refractivity contribution in [1.82, 2.24) is 9.38 Å². The number of ketones is 1. The SMILES string of the molecule is CCOC(=O)c1cc(C(=O)c2cccc([N+](=O)[O-])c2)n2cnc(-c3ccc(C)cc3C)cc12. The van der Waals surface area contributed by atoms with Gasteiger partial charge in [-0.2, -0.15) is 0 Å². The zero-order valence-corrected chi connectivity index (χ0v) is 18.4. The molecule has 0 atom stereocenters. The summed E-state index contributed by atoms with van der Waals surface area (Å²) in [7, 11) is 0. The Morgan fingerprint density at radius 3 is 2.58 bits per heavy atom. The predicted molar refractivity (Wildman–Crippen MR) is 123 cm³/mol. The summed E-state index contributed by atoms with van der Waals surface area (Å²) in [6.45, 7) is 5.87. The monoisotopic (exact) mass is 443 g/mol. The van der Waals surface area contributed by atoms with Gasteiger partial charge in [0.25, 0.3) is 5.69 Å². The van der Waals surface area contributed by atoms with Crippen molar-refractivity contribution in [2.24, 2.45) is 0 Å². The number of non-ortho nitro benzene ring substituents is 1. The molecule has 0 unspecified atom stereocenters. The summed E-state index contributed by atoms with van der Waals surface area (Å²) in [5.41, 5.74) is 4.50. The summed E-state index contributed by atoms with van der Waals surface area (Å²) in [5.74, 6) is -1.03. The molecule has 0 N–H and O–H groups in total. The summed E-state index contributed by atoms with van der Waals surface area (Å²) in [6, 6.07) is 14.7. The molecule has 0 aliphatic rings. The van der Waals surface area contributed by atoms with Crippen molar-refractivity contribution in [2.45, 2.75) is 20.8 Å². The molecule has 2 aromatic carbocycles. The Morgan fingerprint density at radius 2 is 1.88 bits per heavy atom. The third kappa shape index (κ3) is 4.10. The molecule has 0 aliphatic carbocycles. The van der Waals surface area contributed by atoms with Crippen LogP contribution in [0.15, 0.2) is 60.9 Å². The molecule has 0 fully saturated rings. The minimum atomic E-state index is -0.564. The second-order valence-electron chi connectivity index (χ2n) is 7.65. The van der Waals surface area contributed by atoms with E-state index < -0.39 is 16.7 Å². The standard InChI is InChI=1S/C25H21N3O5/c1-4-33-25(30)20-12-23(24(29)17-6-5-7-18(11-17)28(31)32)27-14-26-21(13-22(20)27)19-9-8-15(2)10-16(19)3/h5-14H,4H2,1-3H3. The molecule has 0 radical (unpaired) electrons. The molecule has 166 valence electrons. The Labute approximate surface area is 189 Å². The number of esters is 1. The topological polar surface area (TPSA) is 104 Å². The summed E-state index contributed by atoms with van der Waals surface area (Å²) < 4.78 is 6.71. The molecule has 0 aliphatic heterocycles. The van der Waals surface area contributed by atoms with Crippen LogP contribution in [0.4, 0.5) is 5.69 Å². The van der Waals surface area contributed by atoms with Gasteiger partial charge in [-0.25, -0.2) is 9.78 Å². The fourth-order valence-corrected chi connectivity index (χ4v) is 3.80. The van der Waals surface area contributed by atoms with E-state index in [1.54, 1.807) is 13.0 Å². The van der Waals surface area contributed by atoms with Gasteiger partial charge in [0.05, 0.1) is 34.0 Å². The quantitative estimate of drug-likeness (QED) is 0.181. The van der Waals surface area contributed by atoms with E-state index in [4.69, 9.17) is 4.74 Å². The highest BCUT2D eigenvalue weighted by molar-refractivity contribution is 6.11. The number of rotatable bonds is 6. The van der Waals surface area contributed by atoms with E-state index in [1.165, 1.54) is 41.1 Å². The Hall–Kier alpha value is -4.33. The van der Waals surface area contributed by atoms with Gasteiger partial charge in [-0.15, -0.1) is 0 Å². The van der Waals surface area contributed by atoms with Crippen LogP contribution < -0.4 is 0 Å². The minimum Gasteiger partial charge on any atom is -0.462 e. The Balaban J connectivity index is 1.89. The van der Waals surface area contributed by atoms with Crippen molar-refractivity contribution in [1.29, 1.82) is 0 Å². The number of nitrogens with zero attached hydrogens (tertiary/aromatic N) is 3. The van der Waals surface area contributed by atoms with Crippen LogP contribution in [0.3, 0.4) is 0 Å². The van der Waals surface area contributed by atoms with Crippen molar-refractivity contribution in [2.75, 3.05) is 6.61 Å². The van der Waals surface area contributed by atoms with Gasteiger partial charge >= 0.3 is 5.97 Å². The van der Waals surface area contributed by atoms with E-state index in [0.29, 0.717) is 11.2 Å². The number of aryl methyl sites for hydroxylation is 2. The molecule has 4 aromatic rings. The molecule has 0 amide bonds. The van der Waals surface area contributed by atoms with Crippen molar-refractivity contribution >= 4 is 23.0 Å². The maximum absolute atomic E-state index is 13.3. The molecule has 2 aromatic heterocycles. The summed E-state index contributed by atoms with van der Waals surface area (Å²) in [6.07, 6.45) is 1.48. The molecule has 2 heterocycles. The zero-order chi connectivity index (χ0) is 23.7. The average Bonchev–Trinajstić information content (AvgIpc) is 3.18. The van der Waals surface area contributed by atoms with Gasteiger partial charge in [0.2, 0.25) is 5.78 Å². The van der Waals surface area contributed by atoms with Crippen molar-refractivity contribution in [3.63, 3.8) is 0 Å². The van der Waals surface area contributed by atoms with Crippen molar-refractivity contribution in [3.05, 3.63) is 99.0 Å². The van der Waals surface area contributed by atoms with Gasteiger partial charge < -0.3 is 4.74 Å². The number of hydrogen-bond acceptors (Lipinski definition) is 6. The maximum Gasteiger partial charge on any atom is 0.340 e. The lowest BCUT2D eigenvalue weighted by molar-refractivity contribution is -0.384. The second-order valence-corrected chi connectivity index (χ2v) is 7.65. The van der Waals surface area contributed by atoms with Gasteiger partial charge in [-0.05, 0) is 38.5 Å². The first-order valence-electron chi connectivity index (χ1n) is 10.3. The number of nitro groups is 1. The molecule has 4 rings (SSSR count). The molecule has 33 heavy (non-hydrogen) atoms.